The zero-order valence-corrected chi connectivity index (χ0v) is 12.0. The third-order valence-corrected chi connectivity index (χ3v) is 4.14. The quantitative estimate of drug-likeness (QED) is 0.885. The lowest BCUT2D eigenvalue weighted by Crippen LogP contribution is -2.36. The number of sulfonamides is 1. The van der Waals surface area contributed by atoms with Gasteiger partial charge in [0.05, 0.1) is 17.1 Å². The van der Waals surface area contributed by atoms with E-state index in [1.807, 2.05) is 19.9 Å². The Kier molecular flexibility index (Phi) is 4.13. The summed E-state index contributed by atoms with van der Waals surface area (Å²) in [4.78, 5) is 0.130. The molecule has 5 nitrogen and oxygen atoms in total. The number of primary sulfonamides is 1. The van der Waals surface area contributed by atoms with Crippen molar-refractivity contribution in [3.63, 3.8) is 0 Å². The first-order valence-corrected chi connectivity index (χ1v) is 7.94. The van der Waals surface area contributed by atoms with Crippen LogP contribution in [0.2, 0.25) is 0 Å². The number of nitrogens with two attached hydrogens (primary N) is 1. The standard InChI is InChI=1S/C13H20N2O3S/c1-9-6-12(7-10(2)18-9)15-11-4-3-5-13(8-11)19(14,16)17/h3-5,8-10,12,15H,6-7H2,1-2H3,(H2,14,16,17). The van der Waals surface area contributed by atoms with Crippen molar-refractivity contribution in [2.75, 3.05) is 5.32 Å². The van der Waals surface area contributed by atoms with Crippen LogP contribution in [0.3, 0.4) is 0 Å². The third kappa shape index (κ3) is 3.92. The first kappa shape index (κ1) is 14.3. The van der Waals surface area contributed by atoms with E-state index in [2.05, 4.69) is 5.32 Å². The molecule has 0 aliphatic carbocycles. The summed E-state index contributed by atoms with van der Waals surface area (Å²) in [6, 6.07) is 6.89. The first-order chi connectivity index (χ1) is 8.84. The monoisotopic (exact) mass is 284 g/mol. The highest BCUT2D eigenvalue weighted by atomic mass is 32.2. The highest BCUT2D eigenvalue weighted by molar-refractivity contribution is 7.89. The molecule has 2 atom stereocenters. The summed E-state index contributed by atoms with van der Waals surface area (Å²) in [6.07, 6.45) is 2.23. The van der Waals surface area contributed by atoms with E-state index in [1.54, 1.807) is 12.1 Å². The maximum absolute atomic E-state index is 11.3. The number of ether oxygens (including phenoxy) is 1. The molecule has 19 heavy (non-hydrogen) atoms. The molecular formula is C13H20N2O3S. The average Bonchev–Trinajstić information content (AvgIpc) is 2.26. The van der Waals surface area contributed by atoms with E-state index < -0.39 is 10.0 Å². The Balaban J connectivity index is 2.11. The fourth-order valence-corrected chi connectivity index (χ4v) is 3.08. The molecule has 0 saturated carbocycles. The zero-order valence-electron chi connectivity index (χ0n) is 11.2. The Bertz CT molecular complexity index is 535. The number of nitrogens with one attached hydrogen (secondary N) is 1. The van der Waals surface area contributed by atoms with Crippen molar-refractivity contribution in [3.8, 4) is 0 Å². The van der Waals surface area contributed by atoms with Gasteiger partial charge in [0.1, 0.15) is 0 Å². The molecule has 1 saturated heterocycles. The number of hydrogen-bond acceptors (Lipinski definition) is 4. The van der Waals surface area contributed by atoms with E-state index in [9.17, 15) is 8.42 Å². The molecule has 0 bridgehead atoms. The molecule has 106 valence electrons. The van der Waals surface area contributed by atoms with Gasteiger partial charge in [0, 0.05) is 11.7 Å². The van der Waals surface area contributed by atoms with Crippen molar-refractivity contribution >= 4 is 15.7 Å². The Hall–Kier alpha value is -1.11. The van der Waals surface area contributed by atoms with Crippen molar-refractivity contribution in [2.24, 2.45) is 5.14 Å². The maximum atomic E-state index is 11.3. The molecule has 0 spiro atoms. The predicted octanol–water partition coefficient (Wildman–Crippen LogP) is 1.70. The van der Waals surface area contributed by atoms with Gasteiger partial charge < -0.3 is 10.1 Å². The number of hydrogen-bond donors (Lipinski definition) is 2. The summed E-state index contributed by atoms with van der Waals surface area (Å²) < 4.78 is 28.3. The molecule has 1 aromatic carbocycles. The van der Waals surface area contributed by atoms with Crippen LogP contribution in [-0.4, -0.2) is 26.7 Å². The van der Waals surface area contributed by atoms with E-state index >= 15 is 0 Å². The van der Waals surface area contributed by atoms with E-state index in [4.69, 9.17) is 9.88 Å². The van der Waals surface area contributed by atoms with Crippen LogP contribution < -0.4 is 10.5 Å². The van der Waals surface area contributed by atoms with Gasteiger partial charge in [-0.25, -0.2) is 13.6 Å². The topological polar surface area (TPSA) is 81.4 Å². The van der Waals surface area contributed by atoms with Crippen LogP contribution in [0.5, 0.6) is 0 Å². The molecule has 1 aliphatic heterocycles. The minimum atomic E-state index is -3.65. The van der Waals surface area contributed by atoms with Crippen LogP contribution in [0.25, 0.3) is 0 Å². The smallest absolute Gasteiger partial charge is 0.238 e. The van der Waals surface area contributed by atoms with Crippen molar-refractivity contribution in [2.45, 2.75) is 49.8 Å². The lowest BCUT2D eigenvalue weighted by molar-refractivity contribution is -0.0337. The number of anilines is 1. The van der Waals surface area contributed by atoms with Crippen LogP contribution in [0, 0.1) is 0 Å². The van der Waals surface area contributed by atoms with Gasteiger partial charge >= 0.3 is 0 Å². The summed E-state index contributed by atoms with van der Waals surface area (Å²) in [5, 5.41) is 8.48. The van der Waals surface area contributed by atoms with Crippen LogP contribution in [-0.2, 0) is 14.8 Å². The molecule has 0 radical (unpaired) electrons. The molecular weight excluding hydrogens is 264 g/mol. The van der Waals surface area contributed by atoms with Crippen LogP contribution in [0.1, 0.15) is 26.7 Å². The fraction of sp³-hybridized carbons (Fsp3) is 0.538. The molecule has 1 heterocycles. The maximum Gasteiger partial charge on any atom is 0.238 e. The second kappa shape index (κ2) is 5.48. The molecule has 2 rings (SSSR count). The Morgan fingerprint density at radius 3 is 2.47 bits per heavy atom. The van der Waals surface area contributed by atoms with Crippen molar-refractivity contribution in [3.05, 3.63) is 24.3 Å². The summed E-state index contributed by atoms with van der Waals surface area (Å²) >= 11 is 0. The Morgan fingerprint density at radius 2 is 1.89 bits per heavy atom. The van der Waals surface area contributed by atoms with Gasteiger partial charge in [-0.3, -0.25) is 0 Å². The Labute approximate surface area is 114 Å². The van der Waals surface area contributed by atoms with Crippen LogP contribution in [0.15, 0.2) is 29.2 Å². The van der Waals surface area contributed by atoms with Gasteiger partial charge in [-0.15, -0.1) is 0 Å². The molecule has 0 amide bonds. The molecule has 1 aromatic rings. The zero-order chi connectivity index (χ0) is 14.0. The van der Waals surface area contributed by atoms with Gasteiger partial charge in [-0.05, 0) is 44.9 Å². The largest absolute Gasteiger partial charge is 0.382 e. The highest BCUT2D eigenvalue weighted by Crippen LogP contribution is 2.23. The SMILES string of the molecule is CC1CC(Nc2cccc(S(N)(=O)=O)c2)CC(C)O1. The van der Waals surface area contributed by atoms with Crippen LogP contribution >= 0.6 is 0 Å². The number of benzene rings is 1. The summed E-state index contributed by atoms with van der Waals surface area (Å²) in [5.41, 5.74) is 0.776. The summed E-state index contributed by atoms with van der Waals surface area (Å²) in [5.74, 6) is 0. The molecule has 1 aliphatic rings. The van der Waals surface area contributed by atoms with Crippen molar-refractivity contribution in [1.82, 2.24) is 0 Å². The minimum absolute atomic E-state index is 0.130. The minimum Gasteiger partial charge on any atom is -0.382 e. The lowest BCUT2D eigenvalue weighted by Gasteiger charge is -2.33. The lowest BCUT2D eigenvalue weighted by atomic mass is 9.99. The molecule has 0 aromatic heterocycles. The predicted molar refractivity (Wildman–Crippen MR) is 74.5 cm³/mol. The first-order valence-electron chi connectivity index (χ1n) is 6.39. The second-order valence-corrected chi connectivity index (χ2v) is 6.70. The number of rotatable bonds is 3. The normalized spacial score (nSPS) is 28.1. The van der Waals surface area contributed by atoms with Crippen LogP contribution in [0.4, 0.5) is 5.69 Å². The van der Waals surface area contributed by atoms with E-state index in [0.717, 1.165) is 18.5 Å². The molecule has 1 fully saturated rings. The third-order valence-electron chi connectivity index (χ3n) is 3.23. The Morgan fingerprint density at radius 1 is 1.26 bits per heavy atom. The van der Waals surface area contributed by atoms with Gasteiger partial charge in [-0.1, -0.05) is 6.07 Å². The van der Waals surface area contributed by atoms with Gasteiger partial charge in [-0.2, -0.15) is 0 Å². The van der Waals surface area contributed by atoms with E-state index in [0.29, 0.717) is 0 Å². The summed E-state index contributed by atoms with van der Waals surface area (Å²) in [7, 11) is -3.65. The average molecular weight is 284 g/mol. The highest BCUT2D eigenvalue weighted by Gasteiger charge is 2.24. The van der Waals surface area contributed by atoms with Gasteiger partial charge in [0.25, 0.3) is 0 Å². The molecule has 2 unspecified atom stereocenters. The van der Waals surface area contributed by atoms with Gasteiger partial charge in [0.2, 0.25) is 10.0 Å². The van der Waals surface area contributed by atoms with Crippen molar-refractivity contribution < 1.29 is 13.2 Å². The summed E-state index contributed by atoms with van der Waals surface area (Å²) in [6.45, 7) is 4.09. The fourth-order valence-electron chi connectivity index (χ4n) is 2.52. The molecule has 6 heteroatoms. The van der Waals surface area contributed by atoms with Gasteiger partial charge in [0.15, 0.2) is 0 Å². The second-order valence-electron chi connectivity index (χ2n) is 5.14. The van der Waals surface area contributed by atoms with E-state index in [1.165, 1.54) is 6.07 Å². The van der Waals surface area contributed by atoms with Crippen molar-refractivity contribution in [1.29, 1.82) is 0 Å². The van der Waals surface area contributed by atoms with E-state index in [-0.39, 0.29) is 23.1 Å². The molecule has 3 N–H and O–H groups in total.